The number of rotatable bonds is 7. The molecule has 0 saturated heterocycles. The molecule has 6 nitrogen and oxygen atoms in total. The Bertz CT molecular complexity index is 977. The summed E-state index contributed by atoms with van der Waals surface area (Å²) < 4.78 is 7.15. The van der Waals surface area contributed by atoms with Gasteiger partial charge >= 0.3 is 0 Å². The fraction of sp³-hybridized carbons (Fsp3) is 0.211. The van der Waals surface area contributed by atoms with Crippen LogP contribution in [0.15, 0.2) is 47.6 Å². The lowest BCUT2D eigenvalue weighted by Gasteiger charge is -2.09. The van der Waals surface area contributed by atoms with Crippen molar-refractivity contribution in [1.29, 1.82) is 0 Å². The van der Waals surface area contributed by atoms with Crippen molar-refractivity contribution in [2.24, 2.45) is 0 Å². The molecular weight excluding hydrogens is 419 g/mol. The van der Waals surface area contributed by atoms with Crippen LogP contribution in [0.25, 0.3) is 11.4 Å². The van der Waals surface area contributed by atoms with Crippen LogP contribution in [0.3, 0.4) is 0 Å². The molecule has 2 aromatic carbocycles. The molecule has 146 valence electrons. The average molecular weight is 437 g/mol. The van der Waals surface area contributed by atoms with Gasteiger partial charge in [0.25, 0.3) is 0 Å². The van der Waals surface area contributed by atoms with Crippen molar-refractivity contribution >= 4 is 46.6 Å². The van der Waals surface area contributed by atoms with Crippen LogP contribution in [-0.2, 0) is 11.3 Å². The summed E-state index contributed by atoms with van der Waals surface area (Å²) in [4.78, 5) is 12.3. The third kappa shape index (κ3) is 4.79. The molecule has 0 aliphatic carbocycles. The van der Waals surface area contributed by atoms with Crippen molar-refractivity contribution in [3.05, 3.63) is 52.5 Å². The van der Waals surface area contributed by atoms with Crippen molar-refractivity contribution < 1.29 is 9.53 Å². The van der Waals surface area contributed by atoms with E-state index < -0.39 is 0 Å². The maximum atomic E-state index is 12.3. The molecule has 1 N–H and O–H groups in total. The number of nitrogens with zero attached hydrogens (tertiary/aromatic N) is 3. The van der Waals surface area contributed by atoms with Gasteiger partial charge in [-0.2, -0.15) is 0 Å². The van der Waals surface area contributed by atoms with Gasteiger partial charge in [-0.3, -0.25) is 4.79 Å². The van der Waals surface area contributed by atoms with E-state index in [0.717, 1.165) is 17.1 Å². The normalized spacial score (nSPS) is 10.7. The quantitative estimate of drug-likeness (QED) is 0.527. The van der Waals surface area contributed by atoms with Gasteiger partial charge < -0.3 is 14.6 Å². The Kier molecular flexibility index (Phi) is 6.83. The van der Waals surface area contributed by atoms with E-state index in [9.17, 15) is 4.79 Å². The molecule has 0 atom stereocenters. The lowest BCUT2D eigenvalue weighted by Crippen LogP contribution is -2.15. The lowest BCUT2D eigenvalue weighted by atomic mass is 10.2. The first-order valence-electron chi connectivity index (χ1n) is 8.47. The summed E-state index contributed by atoms with van der Waals surface area (Å²) in [6.07, 6.45) is 0. The van der Waals surface area contributed by atoms with Gasteiger partial charge in [0.15, 0.2) is 11.0 Å². The molecule has 0 spiro atoms. The van der Waals surface area contributed by atoms with Crippen LogP contribution in [-0.4, -0.2) is 33.5 Å². The molecule has 9 heteroatoms. The Hall–Kier alpha value is -2.22. The molecule has 1 aromatic heterocycles. The minimum Gasteiger partial charge on any atom is -0.497 e. The van der Waals surface area contributed by atoms with Gasteiger partial charge in [-0.15, -0.1) is 10.2 Å². The first-order chi connectivity index (χ1) is 13.5. The predicted molar refractivity (Wildman–Crippen MR) is 113 cm³/mol. The molecule has 0 aliphatic rings. The first kappa shape index (κ1) is 20.5. The van der Waals surface area contributed by atoms with E-state index in [0.29, 0.717) is 27.4 Å². The predicted octanol–water partition coefficient (Wildman–Crippen LogP) is 5.01. The molecule has 1 amide bonds. The van der Waals surface area contributed by atoms with E-state index in [1.165, 1.54) is 11.8 Å². The Morgan fingerprint density at radius 2 is 1.93 bits per heavy atom. The maximum absolute atomic E-state index is 12.3. The summed E-state index contributed by atoms with van der Waals surface area (Å²) in [5.74, 6) is 1.51. The van der Waals surface area contributed by atoms with Gasteiger partial charge in [0, 0.05) is 17.1 Å². The Balaban J connectivity index is 1.68. The van der Waals surface area contributed by atoms with E-state index in [-0.39, 0.29) is 11.7 Å². The van der Waals surface area contributed by atoms with Crippen molar-refractivity contribution in [2.75, 3.05) is 18.2 Å². The Morgan fingerprint density at radius 3 is 2.57 bits per heavy atom. The van der Waals surface area contributed by atoms with E-state index >= 15 is 0 Å². The number of thioether (sulfide) groups is 1. The number of carbonyl (C=O) groups excluding carboxylic acids is 1. The number of methoxy groups -OCH3 is 1. The van der Waals surface area contributed by atoms with Crippen LogP contribution in [0.1, 0.15) is 6.92 Å². The highest BCUT2D eigenvalue weighted by molar-refractivity contribution is 7.99. The van der Waals surface area contributed by atoms with Crippen molar-refractivity contribution in [3.8, 4) is 17.1 Å². The molecule has 28 heavy (non-hydrogen) atoms. The summed E-state index contributed by atoms with van der Waals surface area (Å²) in [6.45, 7) is 2.69. The molecule has 0 aliphatic heterocycles. The molecule has 0 saturated carbocycles. The lowest BCUT2D eigenvalue weighted by molar-refractivity contribution is -0.113. The number of halogens is 2. The highest BCUT2D eigenvalue weighted by Crippen LogP contribution is 2.27. The van der Waals surface area contributed by atoms with Crippen molar-refractivity contribution in [1.82, 2.24) is 14.8 Å². The van der Waals surface area contributed by atoms with Crippen molar-refractivity contribution in [3.63, 3.8) is 0 Å². The van der Waals surface area contributed by atoms with Gasteiger partial charge in [0.2, 0.25) is 5.91 Å². The fourth-order valence-corrected chi connectivity index (χ4v) is 3.80. The molecule has 0 radical (unpaired) electrons. The second kappa shape index (κ2) is 9.32. The topological polar surface area (TPSA) is 69.0 Å². The van der Waals surface area contributed by atoms with Crippen LogP contribution in [0.5, 0.6) is 5.75 Å². The Morgan fingerprint density at radius 1 is 1.18 bits per heavy atom. The zero-order valence-electron chi connectivity index (χ0n) is 15.3. The third-order valence-electron chi connectivity index (χ3n) is 3.92. The highest BCUT2D eigenvalue weighted by Gasteiger charge is 2.15. The number of amides is 1. The number of ether oxygens (including phenoxy) is 1. The van der Waals surface area contributed by atoms with Crippen LogP contribution in [0.4, 0.5) is 5.69 Å². The molecule has 0 unspecified atom stereocenters. The molecule has 1 heterocycles. The molecule has 0 fully saturated rings. The zero-order chi connectivity index (χ0) is 20.1. The van der Waals surface area contributed by atoms with E-state index in [2.05, 4.69) is 15.5 Å². The van der Waals surface area contributed by atoms with Crippen LogP contribution >= 0.6 is 35.0 Å². The van der Waals surface area contributed by atoms with Crippen molar-refractivity contribution in [2.45, 2.75) is 18.6 Å². The number of nitrogens with one attached hydrogen (secondary N) is 1. The van der Waals surface area contributed by atoms with Gasteiger partial charge in [-0.1, -0.05) is 35.0 Å². The molecule has 3 rings (SSSR count). The fourth-order valence-electron chi connectivity index (χ4n) is 2.54. The second-order valence-corrected chi connectivity index (χ2v) is 7.53. The zero-order valence-corrected chi connectivity index (χ0v) is 17.6. The number of benzene rings is 2. The maximum Gasteiger partial charge on any atom is 0.234 e. The highest BCUT2D eigenvalue weighted by atomic mass is 35.5. The SMILES string of the molecule is CCn1c(SCC(=O)Nc2ccc(Cl)cc2Cl)nnc1-c1ccc(OC)cc1. The van der Waals surface area contributed by atoms with E-state index in [4.69, 9.17) is 27.9 Å². The number of carbonyl (C=O) groups is 1. The van der Waals surface area contributed by atoms with Crippen LogP contribution in [0, 0.1) is 0 Å². The standard InChI is InChI=1S/C19H18Cl2N4O2S/c1-3-25-18(12-4-7-14(27-2)8-5-12)23-24-19(25)28-11-17(26)22-16-9-6-13(20)10-15(16)21/h4-10H,3,11H2,1-2H3,(H,22,26). The summed E-state index contributed by atoms with van der Waals surface area (Å²) in [5, 5.41) is 12.9. The van der Waals surface area contributed by atoms with E-state index in [1.807, 2.05) is 35.8 Å². The summed E-state index contributed by atoms with van der Waals surface area (Å²) in [6, 6.07) is 12.5. The number of hydrogen-bond acceptors (Lipinski definition) is 5. The van der Waals surface area contributed by atoms with Gasteiger partial charge in [-0.25, -0.2) is 0 Å². The molecular formula is C19H18Cl2N4O2S. The minimum atomic E-state index is -0.189. The third-order valence-corrected chi connectivity index (χ3v) is 5.43. The van der Waals surface area contributed by atoms with Gasteiger partial charge in [-0.05, 0) is 49.4 Å². The Labute approximate surface area is 177 Å². The summed E-state index contributed by atoms with van der Waals surface area (Å²) in [5.41, 5.74) is 1.45. The largest absolute Gasteiger partial charge is 0.497 e. The van der Waals surface area contributed by atoms with Crippen LogP contribution < -0.4 is 10.1 Å². The average Bonchev–Trinajstić information content (AvgIpc) is 3.11. The van der Waals surface area contributed by atoms with Crippen LogP contribution in [0.2, 0.25) is 10.0 Å². The number of aromatic nitrogens is 3. The molecule has 3 aromatic rings. The van der Waals surface area contributed by atoms with Gasteiger partial charge in [0.05, 0.1) is 23.6 Å². The number of anilines is 1. The molecule has 0 bridgehead atoms. The summed E-state index contributed by atoms with van der Waals surface area (Å²) in [7, 11) is 1.63. The van der Waals surface area contributed by atoms with Gasteiger partial charge in [0.1, 0.15) is 5.75 Å². The first-order valence-corrected chi connectivity index (χ1v) is 10.2. The van der Waals surface area contributed by atoms with E-state index in [1.54, 1.807) is 25.3 Å². The second-order valence-electron chi connectivity index (χ2n) is 5.74. The number of hydrogen-bond donors (Lipinski definition) is 1. The summed E-state index contributed by atoms with van der Waals surface area (Å²) >= 11 is 13.3. The smallest absolute Gasteiger partial charge is 0.234 e. The monoisotopic (exact) mass is 436 g/mol. The minimum absolute atomic E-state index is 0.180.